The van der Waals surface area contributed by atoms with Crippen LogP contribution in [0.25, 0.3) is 10.8 Å². The molecule has 0 aliphatic rings. The van der Waals surface area contributed by atoms with Crippen LogP contribution >= 0.6 is 11.8 Å². The Balaban J connectivity index is 2.13. The first-order chi connectivity index (χ1) is 7.79. The van der Waals surface area contributed by atoms with E-state index in [1.54, 1.807) is 0 Å². The summed E-state index contributed by atoms with van der Waals surface area (Å²) in [5, 5.41) is 5.89. The molecule has 0 heterocycles. The summed E-state index contributed by atoms with van der Waals surface area (Å²) >= 11 is 1.91. The van der Waals surface area contributed by atoms with Crippen LogP contribution in [-0.2, 0) is 0 Å². The molecule has 2 rings (SSSR count). The van der Waals surface area contributed by atoms with Crippen LogP contribution in [0.4, 0.5) is 0 Å². The van der Waals surface area contributed by atoms with Crippen LogP contribution < -0.4 is 5.32 Å². The van der Waals surface area contributed by atoms with Gasteiger partial charge in [-0.25, -0.2) is 0 Å². The summed E-state index contributed by atoms with van der Waals surface area (Å²) in [7, 11) is 2.01. The average Bonchev–Trinajstić information content (AvgIpc) is 2.35. The summed E-state index contributed by atoms with van der Waals surface area (Å²) in [5.41, 5.74) is 0. The Kier molecular flexibility index (Phi) is 3.86. The molecule has 1 N–H and O–H groups in total. The summed E-state index contributed by atoms with van der Waals surface area (Å²) in [6.45, 7) is 2.20. The number of hydrogen-bond acceptors (Lipinski definition) is 2. The minimum absolute atomic E-state index is 0.552. The zero-order valence-corrected chi connectivity index (χ0v) is 10.6. The van der Waals surface area contributed by atoms with Gasteiger partial charge in [-0.3, -0.25) is 0 Å². The predicted molar refractivity (Wildman–Crippen MR) is 73.2 cm³/mol. The first-order valence-electron chi connectivity index (χ1n) is 5.58. The Morgan fingerprint density at radius 1 is 1.12 bits per heavy atom. The zero-order valence-electron chi connectivity index (χ0n) is 9.73. The Morgan fingerprint density at radius 3 is 2.62 bits per heavy atom. The second-order valence-corrected chi connectivity index (χ2v) is 5.10. The van der Waals surface area contributed by atoms with E-state index in [0.29, 0.717) is 6.04 Å². The molecule has 0 radical (unpaired) electrons. The van der Waals surface area contributed by atoms with E-state index in [4.69, 9.17) is 0 Å². The maximum Gasteiger partial charge on any atom is 0.0132 e. The van der Waals surface area contributed by atoms with Gasteiger partial charge in [0, 0.05) is 16.7 Å². The van der Waals surface area contributed by atoms with Crippen molar-refractivity contribution in [3.63, 3.8) is 0 Å². The molecule has 0 amide bonds. The molecule has 16 heavy (non-hydrogen) atoms. The fraction of sp³-hybridized carbons (Fsp3) is 0.286. The van der Waals surface area contributed by atoms with Crippen LogP contribution in [0.15, 0.2) is 47.4 Å². The zero-order chi connectivity index (χ0) is 11.4. The van der Waals surface area contributed by atoms with Crippen LogP contribution in [-0.4, -0.2) is 18.8 Å². The van der Waals surface area contributed by atoms with Crippen molar-refractivity contribution < 1.29 is 0 Å². The molecule has 0 spiro atoms. The highest BCUT2D eigenvalue weighted by Gasteiger charge is 2.00. The minimum atomic E-state index is 0.552. The van der Waals surface area contributed by atoms with Crippen LogP contribution in [0.2, 0.25) is 0 Å². The van der Waals surface area contributed by atoms with Crippen LogP contribution in [0, 0.1) is 0 Å². The highest BCUT2D eigenvalue weighted by atomic mass is 32.2. The maximum absolute atomic E-state index is 3.25. The topological polar surface area (TPSA) is 12.0 Å². The summed E-state index contributed by atoms with van der Waals surface area (Å²) in [6, 6.07) is 15.7. The lowest BCUT2D eigenvalue weighted by atomic mass is 10.1. The summed E-state index contributed by atoms with van der Waals surface area (Å²) in [4.78, 5) is 1.35. The van der Waals surface area contributed by atoms with Crippen molar-refractivity contribution in [1.82, 2.24) is 5.32 Å². The lowest BCUT2D eigenvalue weighted by Gasteiger charge is -2.09. The Labute approximate surface area is 101 Å². The second-order valence-electron chi connectivity index (χ2n) is 4.01. The van der Waals surface area contributed by atoms with E-state index in [-0.39, 0.29) is 0 Å². The van der Waals surface area contributed by atoms with Gasteiger partial charge in [-0.15, -0.1) is 11.8 Å². The monoisotopic (exact) mass is 231 g/mol. The third-order valence-electron chi connectivity index (χ3n) is 2.71. The Bertz CT molecular complexity index is 467. The van der Waals surface area contributed by atoms with Gasteiger partial charge < -0.3 is 5.32 Å². The molecular weight excluding hydrogens is 214 g/mol. The third kappa shape index (κ3) is 2.77. The fourth-order valence-electron chi connectivity index (χ4n) is 1.56. The number of nitrogens with one attached hydrogen (secondary N) is 1. The molecule has 0 saturated heterocycles. The Morgan fingerprint density at radius 2 is 1.88 bits per heavy atom. The van der Waals surface area contributed by atoms with Crippen molar-refractivity contribution in [2.75, 3.05) is 12.8 Å². The molecule has 1 nitrogen and oxygen atoms in total. The Hall–Kier alpha value is -0.990. The first kappa shape index (κ1) is 11.5. The predicted octanol–water partition coefficient (Wildman–Crippen LogP) is 3.54. The molecule has 0 aromatic heterocycles. The van der Waals surface area contributed by atoms with Crippen molar-refractivity contribution in [1.29, 1.82) is 0 Å². The van der Waals surface area contributed by atoms with Gasteiger partial charge in [-0.05, 0) is 36.9 Å². The molecule has 84 valence electrons. The number of fused-ring (bicyclic) bond motifs is 1. The fourth-order valence-corrected chi connectivity index (χ4v) is 2.55. The molecule has 1 unspecified atom stereocenters. The second kappa shape index (κ2) is 5.37. The standard InChI is InChI=1S/C14H17NS/c1-11(15-2)10-16-14-8-7-12-5-3-4-6-13(12)9-14/h3-9,11,15H,10H2,1-2H3. The van der Waals surface area contributed by atoms with E-state index in [0.717, 1.165) is 5.75 Å². The smallest absolute Gasteiger partial charge is 0.0132 e. The molecule has 0 bridgehead atoms. The molecular formula is C14H17NS. The number of thioether (sulfide) groups is 1. The average molecular weight is 231 g/mol. The summed E-state index contributed by atoms with van der Waals surface area (Å²) in [6.07, 6.45) is 0. The summed E-state index contributed by atoms with van der Waals surface area (Å²) < 4.78 is 0. The van der Waals surface area contributed by atoms with Crippen molar-refractivity contribution in [2.24, 2.45) is 0 Å². The lowest BCUT2D eigenvalue weighted by molar-refractivity contribution is 0.677. The van der Waals surface area contributed by atoms with Gasteiger partial charge in [0.1, 0.15) is 0 Å². The van der Waals surface area contributed by atoms with E-state index in [1.165, 1.54) is 15.7 Å². The SMILES string of the molecule is CNC(C)CSc1ccc2ccccc2c1. The molecule has 0 saturated carbocycles. The first-order valence-corrected chi connectivity index (χ1v) is 6.57. The van der Waals surface area contributed by atoms with Crippen LogP contribution in [0.3, 0.4) is 0 Å². The third-order valence-corrected chi connectivity index (χ3v) is 3.97. The van der Waals surface area contributed by atoms with Crippen molar-refractivity contribution in [3.8, 4) is 0 Å². The normalized spacial score (nSPS) is 12.9. The molecule has 2 heteroatoms. The summed E-state index contributed by atoms with van der Waals surface area (Å²) in [5.74, 6) is 1.11. The van der Waals surface area contributed by atoms with Gasteiger partial charge >= 0.3 is 0 Å². The number of rotatable bonds is 4. The molecule has 0 fully saturated rings. The van der Waals surface area contributed by atoms with Crippen molar-refractivity contribution in [2.45, 2.75) is 17.9 Å². The molecule has 0 aliphatic heterocycles. The molecule has 2 aromatic carbocycles. The van der Waals surface area contributed by atoms with E-state index in [9.17, 15) is 0 Å². The van der Waals surface area contributed by atoms with E-state index >= 15 is 0 Å². The highest BCUT2D eigenvalue weighted by Crippen LogP contribution is 2.23. The molecule has 0 aliphatic carbocycles. The van der Waals surface area contributed by atoms with Gasteiger partial charge in [0.05, 0.1) is 0 Å². The quantitative estimate of drug-likeness (QED) is 0.808. The van der Waals surface area contributed by atoms with E-state index in [1.807, 2.05) is 18.8 Å². The molecule has 1 atom stereocenters. The maximum atomic E-state index is 3.25. The lowest BCUT2D eigenvalue weighted by Crippen LogP contribution is -2.23. The largest absolute Gasteiger partial charge is 0.316 e. The van der Waals surface area contributed by atoms with E-state index < -0.39 is 0 Å². The van der Waals surface area contributed by atoms with Crippen molar-refractivity contribution >= 4 is 22.5 Å². The van der Waals surface area contributed by atoms with Gasteiger partial charge in [0.2, 0.25) is 0 Å². The van der Waals surface area contributed by atoms with Gasteiger partial charge in [-0.2, -0.15) is 0 Å². The minimum Gasteiger partial charge on any atom is -0.316 e. The number of benzene rings is 2. The van der Waals surface area contributed by atoms with Crippen LogP contribution in [0.5, 0.6) is 0 Å². The van der Waals surface area contributed by atoms with Gasteiger partial charge in [0.15, 0.2) is 0 Å². The molecule has 2 aromatic rings. The number of hydrogen-bond donors (Lipinski definition) is 1. The van der Waals surface area contributed by atoms with Gasteiger partial charge in [-0.1, -0.05) is 30.3 Å². The van der Waals surface area contributed by atoms with Crippen LogP contribution in [0.1, 0.15) is 6.92 Å². The van der Waals surface area contributed by atoms with Gasteiger partial charge in [0.25, 0.3) is 0 Å². The highest BCUT2D eigenvalue weighted by molar-refractivity contribution is 7.99. The van der Waals surface area contributed by atoms with E-state index in [2.05, 4.69) is 54.7 Å². The van der Waals surface area contributed by atoms with Crippen molar-refractivity contribution in [3.05, 3.63) is 42.5 Å².